The first kappa shape index (κ1) is 20.6. The van der Waals surface area contributed by atoms with Crippen molar-refractivity contribution in [1.29, 1.82) is 0 Å². The van der Waals surface area contributed by atoms with Crippen LogP contribution in [0.3, 0.4) is 0 Å². The molecule has 1 aromatic carbocycles. The summed E-state index contributed by atoms with van der Waals surface area (Å²) in [5, 5.41) is 7.05. The van der Waals surface area contributed by atoms with Crippen molar-refractivity contribution in [3.8, 4) is 11.5 Å². The number of nitrogens with zero attached hydrogens (tertiary/aromatic N) is 2. The third kappa shape index (κ3) is 5.63. The average molecular weight is 489 g/mol. The fourth-order valence-electron chi connectivity index (χ4n) is 2.47. The zero-order valence-electron chi connectivity index (χ0n) is 14.5. The molecule has 2 N–H and O–H groups in total. The predicted molar refractivity (Wildman–Crippen MR) is 114 cm³/mol. The van der Waals surface area contributed by atoms with Crippen LogP contribution in [-0.2, 0) is 13.1 Å². The Morgan fingerprint density at radius 3 is 2.77 bits per heavy atom. The van der Waals surface area contributed by atoms with Crippen molar-refractivity contribution in [2.24, 2.45) is 4.99 Å². The highest BCUT2D eigenvalue weighted by Crippen LogP contribution is 2.37. The summed E-state index contributed by atoms with van der Waals surface area (Å²) in [6, 6.07) is 9.65. The lowest BCUT2D eigenvalue weighted by Crippen LogP contribution is -2.36. The molecule has 1 aliphatic rings. The Morgan fingerprint density at radius 2 is 2.00 bits per heavy atom. The molecule has 1 aromatic heterocycles. The molecule has 3 rings (SSSR count). The van der Waals surface area contributed by atoms with E-state index in [4.69, 9.17) is 21.1 Å². The largest absolute Gasteiger partial charge is 0.489 e. The lowest BCUT2D eigenvalue weighted by atomic mass is 10.2. The summed E-state index contributed by atoms with van der Waals surface area (Å²) in [7, 11) is 1.73. The van der Waals surface area contributed by atoms with Crippen LogP contribution in [-0.4, -0.2) is 31.2 Å². The number of nitrogens with one attached hydrogen (secondary N) is 2. The molecule has 0 bridgehead atoms. The van der Waals surface area contributed by atoms with Crippen LogP contribution in [0.4, 0.5) is 0 Å². The van der Waals surface area contributed by atoms with E-state index in [1.807, 2.05) is 30.3 Å². The number of aromatic nitrogens is 1. The summed E-state index contributed by atoms with van der Waals surface area (Å²) in [6.45, 7) is 2.42. The molecule has 2 heterocycles. The van der Waals surface area contributed by atoms with Crippen molar-refractivity contribution in [3.05, 3.63) is 52.8 Å². The quantitative estimate of drug-likeness (QED) is 0.392. The summed E-state index contributed by atoms with van der Waals surface area (Å²) in [4.78, 5) is 8.50. The molecule has 0 amide bonds. The lowest BCUT2D eigenvalue weighted by molar-refractivity contribution is 0.297. The first-order valence-electron chi connectivity index (χ1n) is 8.18. The Morgan fingerprint density at radius 1 is 1.19 bits per heavy atom. The molecule has 0 aliphatic carbocycles. The van der Waals surface area contributed by atoms with Crippen LogP contribution in [0.25, 0.3) is 0 Å². The minimum atomic E-state index is 0. The molecule has 0 saturated carbocycles. The van der Waals surface area contributed by atoms with Gasteiger partial charge in [-0.3, -0.25) is 9.98 Å². The second kappa shape index (κ2) is 10.4. The number of aliphatic imine (C=N–C) groups is 1. The van der Waals surface area contributed by atoms with Gasteiger partial charge in [-0.05, 0) is 29.8 Å². The van der Waals surface area contributed by atoms with Gasteiger partial charge < -0.3 is 20.1 Å². The first-order chi connectivity index (χ1) is 12.3. The molecule has 0 atom stereocenters. The molecular formula is C18H22ClIN4O2. The zero-order valence-corrected chi connectivity index (χ0v) is 17.6. The summed E-state index contributed by atoms with van der Waals surface area (Å²) in [5.74, 6) is 2.01. The molecule has 26 heavy (non-hydrogen) atoms. The van der Waals surface area contributed by atoms with E-state index in [1.165, 1.54) is 0 Å². The standard InChI is InChI=1S/C18H21ClN4O2.HI/c1-20-18(23-12-14-5-2-3-6-21-14)22-11-13-9-15(19)17-16(10-13)24-7-4-8-25-17;/h2-3,5-6,9-10H,4,7-8,11-12H2,1H3,(H2,20,22,23);1H. The summed E-state index contributed by atoms with van der Waals surface area (Å²) >= 11 is 6.32. The summed E-state index contributed by atoms with van der Waals surface area (Å²) < 4.78 is 11.4. The summed E-state index contributed by atoms with van der Waals surface area (Å²) in [5.41, 5.74) is 1.94. The fraction of sp³-hybridized carbons (Fsp3) is 0.333. The van der Waals surface area contributed by atoms with Crippen LogP contribution in [0.15, 0.2) is 41.5 Å². The molecule has 0 radical (unpaired) electrons. The third-order valence-electron chi connectivity index (χ3n) is 3.71. The van der Waals surface area contributed by atoms with Crippen molar-refractivity contribution in [2.45, 2.75) is 19.5 Å². The Hall–Kier alpha value is -1.74. The van der Waals surface area contributed by atoms with E-state index in [2.05, 4.69) is 20.6 Å². The fourth-order valence-corrected chi connectivity index (χ4v) is 2.76. The number of guanidine groups is 1. The molecule has 6 nitrogen and oxygen atoms in total. The van der Waals surface area contributed by atoms with Crippen LogP contribution in [0, 0.1) is 0 Å². The minimum absolute atomic E-state index is 0. The Labute approximate surface area is 175 Å². The number of hydrogen-bond donors (Lipinski definition) is 2. The van der Waals surface area contributed by atoms with Gasteiger partial charge in [-0.15, -0.1) is 24.0 Å². The lowest BCUT2D eigenvalue weighted by Gasteiger charge is -2.14. The number of hydrogen-bond acceptors (Lipinski definition) is 4. The van der Waals surface area contributed by atoms with Crippen LogP contribution in [0.5, 0.6) is 11.5 Å². The number of pyridine rings is 1. The van der Waals surface area contributed by atoms with Crippen LogP contribution in [0.1, 0.15) is 17.7 Å². The van der Waals surface area contributed by atoms with E-state index in [0.717, 1.165) is 17.7 Å². The maximum atomic E-state index is 6.32. The molecule has 0 unspecified atom stereocenters. The molecule has 140 valence electrons. The highest BCUT2D eigenvalue weighted by Gasteiger charge is 2.15. The normalized spacial score (nSPS) is 13.4. The van der Waals surface area contributed by atoms with Crippen molar-refractivity contribution in [2.75, 3.05) is 20.3 Å². The molecular weight excluding hydrogens is 467 g/mol. The van der Waals surface area contributed by atoms with Gasteiger partial charge in [0.05, 0.1) is 30.5 Å². The van der Waals surface area contributed by atoms with Crippen LogP contribution >= 0.6 is 35.6 Å². The SMILES string of the molecule is CN=C(NCc1cc(Cl)c2c(c1)OCCCO2)NCc1ccccn1.I. The maximum absolute atomic E-state index is 6.32. The van der Waals surface area contributed by atoms with Gasteiger partial charge in [-0.25, -0.2) is 0 Å². The molecule has 8 heteroatoms. The van der Waals surface area contributed by atoms with E-state index in [1.54, 1.807) is 13.2 Å². The molecule has 2 aromatic rings. The monoisotopic (exact) mass is 488 g/mol. The molecule has 0 saturated heterocycles. The first-order valence-corrected chi connectivity index (χ1v) is 8.56. The summed E-state index contributed by atoms with van der Waals surface area (Å²) in [6.07, 6.45) is 2.62. The van der Waals surface area contributed by atoms with E-state index in [-0.39, 0.29) is 24.0 Å². The highest BCUT2D eigenvalue weighted by molar-refractivity contribution is 14.0. The van der Waals surface area contributed by atoms with Gasteiger partial charge in [0, 0.05) is 26.2 Å². The van der Waals surface area contributed by atoms with E-state index in [9.17, 15) is 0 Å². The number of ether oxygens (including phenoxy) is 2. The van der Waals surface area contributed by atoms with Crippen molar-refractivity contribution in [1.82, 2.24) is 15.6 Å². The Kier molecular flexibility index (Phi) is 8.24. The maximum Gasteiger partial charge on any atom is 0.191 e. The van der Waals surface area contributed by atoms with Crippen molar-refractivity contribution < 1.29 is 9.47 Å². The van der Waals surface area contributed by atoms with E-state index >= 15 is 0 Å². The average Bonchev–Trinajstić information content (AvgIpc) is 2.88. The van der Waals surface area contributed by atoms with E-state index in [0.29, 0.717) is 48.8 Å². The molecule has 0 spiro atoms. The number of benzene rings is 1. The van der Waals surface area contributed by atoms with Crippen LogP contribution < -0.4 is 20.1 Å². The zero-order chi connectivity index (χ0) is 17.5. The van der Waals surface area contributed by atoms with Gasteiger partial charge >= 0.3 is 0 Å². The third-order valence-corrected chi connectivity index (χ3v) is 3.99. The second-order valence-electron chi connectivity index (χ2n) is 5.56. The van der Waals surface area contributed by atoms with Crippen LogP contribution in [0.2, 0.25) is 5.02 Å². The van der Waals surface area contributed by atoms with Gasteiger partial charge in [0.2, 0.25) is 0 Å². The van der Waals surface area contributed by atoms with Gasteiger partial charge in [0.1, 0.15) is 0 Å². The minimum Gasteiger partial charge on any atom is -0.489 e. The number of rotatable bonds is 4. The second-order valence-corrected chi connectivity index (χ2v) is 5.96. The van der Waals surface area contributed by atoms with E-state index < -0.39 is 0 Å². The van der Waals surface area contributed by atoms with Gasteiger partial charge in [0.25, 0.3) is 0 Å². The smallest absolute Gasteiger partial charge is 0.191 e. The Balaban J connectivity index is 0.00000243. The molecule has 1 aliphatic heterocycles. The Bertz CT molecular complexity index is 743. The van der Waals surface area contributed by atoms with Crippen molar-refractivity contribution in [3.63, 3.8) is 0 Å². The van der Waals surface area contributed by atoms with Gasteiger partial charge in [-0.1, -0.05) is 17.7 Å². The topological polar surface area (TPSA) is 67.8 Å². The predicted octanol–water partition coefficient (Wildman–Crippen LogP) is 3.38. The van der Waals surface area contributed by atoms with Gasteiger partial charge in [-0.2, -0.15) is 0 Å². The van der Waals surface area contributed by atoms with Gasteiger partial charge in [0.15, 0.2) is 17.5 Å². The highest BCUT2D eigenvalue weighted by atomic mass is 127. The number of halogens is 2. The van der Waals surface area contributed by atoms with Crippen molar-refractivity contribution >= 4 is 41.5 Å². The molecule has 0 fully saturated rings. The number of fused-ring (bicyclic) bond motifs is 1.